The highest BCUT2D eigenvalue weighted by atomic mass is 16.2. The van der Waals surface area contributed by atoms with Gasteiger partial charge < -0.3 is 9.88 Å². The highest BCUT2D eigenvalue weighted by molar-refractivity contribution is 5.97. The van der Waals surface area contributed by atoms with E-state index in [1.165, 1.54) is 0 Å². The summed E-state index contributed by atoms with van der Waals surface area (Å²) in [5, 5.41) is 1.05. The first-order valence-electron chi connectivity index (χ1n) is 6.45. The number of aromatic amines is 1. The van der Waals surface area contributed by atoms with E-state index in [1.54, 1.807) is 17.3 Å². The fraction of sp³-hybridized carbons (Fsp3) is 0.125. The van der Waals surface area contributed by atoms with Crippen molar-refractivity contribution in [1.29, 1.82) is 0 Å². The number of fused-ring (bicyclic) bond motifs is 1. The standard InChI is InChI=1S/C16H15N3O/c1-19(11-12-4-7-17-8-5-12)16(20)14-2-3-15-13(10-14)6-9-18-15/h2-10,18H,11H2,1H3. The Morgan fingerprint density at radius 2 is 2.00 bits per heavy atom. The molecule has 100 valence electrons. The molecule has 3 rings (SSSR count). The second-order valence-electron chi connectivity index (χ2n) is 4.80. The first-order chi connectivity index (χ1) is 9.74. The molecule has 0 radical (unpaired) electrons. The van der Waals surface area contributed by atoms with E-state index in [-0.39, 0.29) is 5.91 Å². The molecular weight excluding hydrogens is 250 g/mol. The van der Waals surface area contributed by atoms with Crippen LogP contribution in [0.5, 0.6) is 0 Å². The molecule has 0 bridgehead atoms. The number of amides is 1. The van der Waals surface area contributed by atoms with E-state index in [4.69, 9.17) is 0 Å². The first kappa shape index (κ1) is 12.4. The number of nitrogens with one attached hydrogen (secondary N) is 1. The van der Waals surface area contributed by atoms with Gasteiger partial charge in [0.25, 0.3) is 5.91 Å². The van der Waals surface area contributed by atoms with Gasteiger partial charge in [0.2, 0.25) is 0 Å². The summed E-state index contributed by atoms with van der Waals surface area (Å²) >= 11 is 0. The molecule has 0 atom stereocenters. The van der Waals surface area contributed by atoms with E-state index < -0.39 is 0 Å². The van der Waals surface area contributed by atoms with Crippen LogP contribution in [0, 0.1) is 0 Å². The molecule has 1 amide bonds. The Bertz CT molecular complexity index is 734. The monoisotopic (exact) mass is 265 g/mol. The van der Waals surface area contributed by atoms with Gasteiger partial charge in [0.05, 0.1) is 0 Å². The Morgan fingerprint density at radius 1 is 1.20 bits per heavy atom. The summed E-state index contributed by atoms with van der Waals surface area (Å²) in [7, 11) is 1.81. The third-order valence-electron chi connectivity index (χ3n) is 3.32. The summed E-state index contributed by atoms with van der Waals surface area (Å²) in [4.78, 5) is 21.2. The van der Waals surface area contributed by atoms with Gasteiger partial charge in [0.15, 0.2) is 0 Å². The van der Waals surface area contributed by atoms with Crippen molar-refractivity contribution in [1.82, 2.24) is 14.9 Å². The molecule has 0 spiro atoms. The maximum absolute atomic E-state index is 12.4. The molecule has 4 heteroatoms. The highest BCUT2D eigenvalue weighted by Crippen LogP contribution is 2.16. The van der Waals surface area contributed by atoms with Crippen molar-refractivity contribution in [2.45, 2.75) is 6.54 Å². The summed E-state index contributed by atoms with van der Waals surface area (Å²) in [5.41, 5.74) is 2.81. The summed E-state index contributed by atoms with van der Waals surface area (Å²) in [6, 6.07) is 11.5. The van der Waals surface area contributed by atoms with E-state index in [2.05, 4.69) is 9.97 Å². The van der Waals surface area contributed by atoms with Crippen molar-refractivity contribution in [3.8, 4) is 0 Å². The number of hydrogen-bond acceptors (Lipinski definition) is 2. The van der Waals surface area contributed by atoms with E-state index >= 15 is 0 Å². The van der Waals surface area contributed by atoms with E-state index in [0.29, 0.717) is 12.1 Å². The zero-order valence-electron chi connectivity index (χ0n) is 11.2. The minimum atomic E-state index is 0.0184. The normalized spacial score (nSPS) is 10.7. The molecule has 0 aliphatic heterocycles. The third-order valence-corrected chi connectivity index (χ3v) is 3.32. The molecule has 0 unspecified atom stereocenters. The Hall–Kier alpha value is -2.62. The van der Waals surface area contributed by atoms with Crippen LogP contribution in [0.15, 0.2) is 55.0 Å². The lowest BCUT2D eigenvalue weighted by molar-refractivity contribution is 0.0785. The van der Waals surface area contributed by atoms with Gasteiger partial charge in [-0.3, -0.25) is 9.78 Å². The number of carbonyl (C=O) groups excluding carboxylic acids is 1. The number of carbonyl (C=O) groups is 1. The number of H-pyrrole nitrogens is 1. The molecule has 2 heterocycles. The number of benzene rings is 1. The maximum atomic E-state index is 12.4. The number of nitrogens with zero attached hydrogens (tertiary/aromatic N) is 2. The van der Waals surface area contributed by atoms with Crippen molar-refractivity contribution >= 4 is 16.8 Å². The van der Waals surface area contributed by atoms with Gasteiger partial charge in [0.1, 0.15) is 0 Å². The Labute approximate surface area is 117 Å². The minimum Gasteiger partial charge on any atom is -0.361 e. The lowest BCUT2D eigenvalue weighted by Gasteiger charge is -2.17. The summed E-state index contributed by atoms with van der Waals surface area (Å²) < 4.78 is 0. The second kappa shape index (κ2) is 5.17. The van der Waals surface area contributed by atoms with Crippen LogP contribution < -0.4 is 0 Å². The molecule has 3 aromatic rings. The zero-order chi connectivity index (χ0) is 13.9. The van der Waals surface area contributed by atoms with Crippen LogP contribution in [-0.2, 0) is 6.54 Å². The van der Waals surface area contributed by atoms with Crippen LogP contribution in [0.4, 0.5) is 0 Å². The number of aromatic nitrogens is 2. The van der Waals surface area contributed by atoms with Crippen molar-refractivity contribution in [2.24, 2.45) is 0 Å². The second-order valence-corrected chi connectivity index (χ2v) is 4.80. The maximum Gasteiger partial charge on any atom is 0.253 e. The smallest absolute Gasteiger partial charge is 0.253 e. The van der Waals surface area contributed by atoms with Gasteiger partial charge in [-0.05, 0) is 42.0 Å². The molecule has 0 fully saturated rings. The quantitative estimate of drug-likeness (QED) is 0.791. The lowest BCUT2D eigenvalue weighted by atomic mass is 10.1. The molecular formula is C16H15N3O. The van der Waals surface area contributed by atoms with Crippen LogP contribution in [0.3, 0.4) is 0 Å². The van der Waals surface area contributed by atoms with Crippen LogP contribution in [-0.4, -0.2) is 27.8 Å². The van der Waals surface area contributed by atoms with E-state index in [9.17, 15) is 4.79 Å². The predicted octanol–water partition coefficient (Wildman–Crippen LogP) is 2.84. The summed E-state index contributed by atoms with van der Waals surface area (Å²) in [6.45, 7) is 0.576. The number of hydrogen-bond donors (Lipinski definition) is 1. The minimum absolute atomic E-state index is 0.0184. The Kier molecular flexibility index (Phi) is 3.21. The summed E-state index contributed by atoms with van der Waals surface area (Å²) in [6.07, 6.45) is 5.35. The molecule has 1 aromatic carbocycles. The largest absolute Gasteiger partial charge is 0.361 e. The van der Waals surface area contributed by atoms with Gasteiger partial charge in [-0.2, -0.15) is 0 Å². The van der Waals surface area contributed by atoms with Crippen LogP contribution in [0.25, 0.3) is 10.9 Å². The lowest BCUT2D eigenvalue weighted by Crippen LogP contribution is -2.26. The van der Waals surface area contributed by atoms with Crippen LogP contribution in [0.1, 0.15) is 15.9 Å². The van der Waals surface area contributed by atoms with Crippen molar-refractivity contribution in [3.05, 3.63) is 66.1 Å². The molecule has 0 saturated carbocycles. The molecule has 0 saturated heterocycles. The fourth-order valence-corrected chi connectivity index (χ4v) is 2.24. The van der Waals surface area contributed by atoms with Crippen molar-refractivity contribution in [2.75, 3.05) is 7.05 Å². The average molecular weight is 265 g/mol. The van der Waals surface area contributed by atoms with Crippen LogP contribution >= 0.6 is 0 Å². The Morgan fingerprint density at radius 3 is 2.80 bits per heavy atom. The fourth-order valence-electron chi connectivity index (χ4n) is 2.24. The van der Waals surface area contributed by atoms with Crippen molar-refractivity contribution in [3.63, 3.8) is 0 Å². The van der Waals surface area contributed by atoms with E-state index in [0.717, 1.165) is 16.5 Å². The predicted molar refractivity (Wildman–Crippen MR) is 78.3 cm³/mol. The van der Waals surface area contributed by atoms with Crippen molar-refractivity contribution < 1.29 is 4.79 Å². The van der Waals surface area contributed by atoms with Crippen LogP contribution in [0.2, 0.25) is 0 Å². The SMILES string of the molecule is CN(Cc1ccncc1)C(=O)c1ccc2[nH]ccc2c1. The van der Waals surface area contributed by atoms with Gasteiger partial charge in [-0.25, -0.2) is 0 Å². The number of rotatable bonds is 3. The van der Waals surface area contributed by atoms with Gasteiger partial charge in [0, 0.05) is 48.6 Å². The molecule has 1 N–H and O–H groups in total. The zero-order valence-corrected chi connectivity index (χ0v) is 11.2. The van der Waals surface area contributed by atoms with Gasteiger partial charge in [-0.1, -0.05) is 0 Å². The third kappa shape index (κ3) is 2.40. The Balaban J connectivity index is 1.80. The average Bonchev–Trinajstić information content (AvgIpc) is 2.94. The van der Waals surface area contributed by atoms with Gasteiger partial charge >= 0.3 is 0 Å². The summed E-state index contributed by atoms with van der Waals surface area (Å²) in [5.74, 6) is 0.0184. The van der Waals surface area contributed by atoms with Gasteiger partial charge in [-0.15, -0.1) is 0 Å². The molecule has 0 aliphatic rings. The molecule has 2 aromatic heterocycles. The topological polar surface area (TPSA) is 49.0 Å². The van der Waals surface area contributed by atoms with E-state index in [1.807, 2.05) is 49.6 Å². The first-order valence-corrected chi connectivity index (χ1v) is 6.45. The molecule has 4 nitrogen and oxygen atoms in total. The molecule has 0 aliphatic carbocycles. The number of pyridine rings is 1. The molecule has 20 heavy (non-hydrogen) atoms. The highest BCUT2D eigenvalue weighted by Gasteiger charge is 2.12.